The van der Waals surface area contributed by atoms with E-state index in [4.69, 9.17) is 19.9 Å². The van der Waals surface area contributed by atoms with Crippen molar-refractivity contribution < 1.29 is 19.0 Å². The molecule has 2 aromatic rings. The number of carbonyl (C=O) groups is 1. The molecule has 2 aromatic carbocycles. The molecule has 2 N–H and O–H groups in total. The molecule has 0 aliphatic heterocycles. The van der Waals surface area contributed by atoms with Crippen molar-refractivity contribution in [2.24, 2.45) is 0 Å². The molecule has 0 saturated heterocycles. The highest BCUT2D eigenvalue weighted by Crippen LogP contribution is 2.22. The Morgan fingerprint density at radius 3 is 2.38 bits per heavy atom. The number of hydrogen-bond acceptors (Lipinski definition) is 5. The molecular weight excluding hydrogens is 270 g/mol. The van der Waals surface area contributed by atoms with Crippen LogP contribution >= 0.6 is 0 Å². The summed E-state index contributed by atoms with van der Waals surface area (Å²) in [5.74, 6) is 0.784. The average Bonchev–Trinajstić information content (AvgIpc) is 2.53. The van der Waals surface area contributed by atoms with Gasteiger partial charge in [-0.3, -0.25) is 0 Å². The molecule has 0 aliphatic rings. The normalized spacial score (nSPS) is 10.0. The van der Waals surface area contributed by atoms with E-state index in [9.17, 15) is 4.79 Å². The Labute approximate surface area is 123 Å². The highest BCUT2D eigenvalue weighted by atomic mass is 16.5. The van der Waals surface area contributed by atoms with Crippen LogP contribution in [0.15, 0.2) is 42.5 Å². The van der Waals surface area contributed by atoms with E-state index in [2.05, 4.69) is 0 Å². The summed E-state index contributed by atoms with van der Waals surface area (Å²) < 4.78 is 15.4. The van der Waals surface area contributed by atoms with E-state index in [1.54, 1.807) is 25.3 Å². The number of hydrogen-bond donors (Lipinski definition) is 1. The lowest BCUT2D eigenvalue weighted by atomic mass is 10.2. The molecule has 0 saturated carbocycles. The summed E-state index contributed by atoms with van der Waals surface area (Å²) in [7, 11) is 3.10. The van der Waals surface area contributed by atoms with Gasteiger partial charge in [-0.25, -0.2) is 4.79 Å². The van der Waals surface area contributed by atoms with Gasteiger partial charge < -0.3 is 19.9 Å². The van der Waals surface area contributed by atoms with E-state index >= 15 is 0 Å². The van der Waals surface area contributed by atoms with Crippen molar-refractivity contribution >= 4 is 11.7 Å². The maximum Gasteiger partial charge on any atom is 0.338 e. The topological polar surface area (TPSA) is 70.8 Å². The second-order valence-corrected chi connectivity index (χ2v) is 4.38. The molecule has 0 heterocycles. The minimum atomic E-state index is -0.427. The van der Waals surface area contributed by atoms with Crippen LogP contribution in [0.25, 0.3) is 0 Å². The Morgan fingerprint density at radius 2 is 1.76 bits per heavy atom. The first kappa shape index (κ1) is 14.7. The zero-order valence-electron chi connectivity index (χ0n) is 12.0. The molecular formula is C16H17NO4. The van der Waals surface area contributed by atoms with Gasteiger partial charge in [0.2, 0.25) is 0 Å². The van der Waals surface area contributed by atoms with Crippen molar-refractivity contribution in [2.45, 2.75) is 6.61 Å². The molecule has 110 valence electrons. The van der Waals surface area contributed by atoms with Gasteiger partial charge in [0, 0.05) is 0 Å². The molecule has 5 nitrogen and oxygen atoms in total. The maximum atomic E-state index is 12.0. The van der Waals surface area contributed by atoms with Gasteiger partial charge >= 0.3 is 5.97 Å². The molecule has 2 rings (SSSR count). The first-order valence-electron chi connectivity index (χ1n) is 6.37. The Hall–Kier alpha value is -2.69. The van der Waals surface area contributed by atoms with Gasteiger partial charge in [0.15, 0.2) is 0 Å². The number of esters is 1. The van der Waals surface area contributed by atoms with Crippen molar-refractivity contribution in [3.8, 4) is 11.5 Å². The summed E-state index contributed by atoms with van der Waals surface area (Å²) in [5, 5.41) is 0. The standard InChI is InChI=1S/C16H17NO4/c1-19-13-6-3-11(4-7-13)10-21-16(18)12-5-8-14(17)15(9-12)20-2/h3-9H,10,17H2,1-2H3. The zero-order valence-corrected chi connectivity index (χ0v) is 12.0. The summed E-state index contributed by atoms with van der Waals surface area (Å²) in [6, 6.07) is 12.1. The number of rotatable bonds is 5. The number of nitrogen functional groups attached to an aromatic ring is 1. The first-order valence-corrected chi connectivity index (χ1v) is 6.37. The highest BCUT2D eigenvalue weighted by Gasteiger charge is 2.10. The van der Waals surface area contributed by atoms with E-state index in [-0.39, 0.29) is 6.61 Å². The Morgan fingerprint density at radius 1 is 1.05 bits per heavy atom. The summed E-state index contributed by atoms with van der Waals surface area (Å²) in [4.78, 5) is 12.0. The average molecular weight is 287 g/mol. The first-order chi connectivity index (χ1) is 10.1. The lowest BCUT2D eigenvalue weighted by Crippen LogP contribution is -2.06. The zero-order chi connectivity index (χ0) is 15.2. The van der Waals surface area contributed by atoms with E-state index in [0.717, 1.165) is 11.3 Å². The maximum absolute atomic E-state index is 12.0. The number of carbonyl (C=O) groups excluding carboxylic acids is 1. The van der Waals surface area contributed by atoms with E-state index < -0.39 is 5.97 Å². The molecule has 21 heavy (non-hydrogen) atoms. The summed E-state index contributed by atoms with van der Waals surface area (Å²) >= 11 is 0. The van der Waals surface area contributed by atoms with Crippen molar-refractivity contribution in [3.63, 3.8) is 0 Å². The third kappa shape index (κ3) is 3.66. The van der Waals surface area contributed by atoms with Crippen LogP contribution in [0.4, 0.5) is 5.69 Å². The largest absolute Gasteiger partial charge is 0.497 e. The van der Waals surface area contributed by atoms with Crippen molar-refractivity contribution in [2.75, 3.05) is 20.0 Å². The van der Waals surface area contributed by atoms with Gasteiger partial charge in [-0.1, -0.05) is 12.1 Å². The molecule has 0 bridgehead atoms. The Kier molecular flexibility index (Phi) is 4.66. The number of nitrogens with two attached hydrogens (primary N) is 1. The fourth-order valence-electron chi connectivity index (χ4n) is 1.79. The highest BCUT2D eigenvalue weighted by molar-refractivity contribution is 5.90. The minimum absolute atomic E-state index is 0.190. The number of methoxy groups -OCH3 is 2. The van der Waals surface area contributed by atoms with Crippen LogP contribution in [-0.2, 0) is 11.3 Å². The number of ether oxygens (including phenoxy) is 3. The van der Waals surface area contributed by atoms with Crippen LogP contribution in [0.5, 0.6) is 11.5 Å². The SMILES string of the molecule is COc1ccc(COC(=O)c2ccc(N)c(OC)c2)cc1. The van der Waals surface area contributed by atoms with Crippen LogP contribution < -0.4 is 15.2 Å². The predicted octanol–water partition coefficient (Wildman–Crippen LogP) is 2.64. The third-order valence-electron chi connectivity index (χ3n) is 3.00. The molecule has 0 amide bonds. The lowest BCUT2D eigenvalue weighted by Gasteiger charge is -2.08. The molecule has 0 radical (unpaired) electrons. The van der Waals surface area contributed by atoms with Crippen molar-refractivity contribution in [1.29, 1.82) is 0 Å². The molecule has 0 unspecified atom stereocenters. The van der Waals surface area contributed by atoms with Gasteiger partial charge in [0.25, 0.3) is 0 Å². The molecule has 0 aromatic heterocycles. The number of benzene rings is 2. The molecule has 0 atom stereocenters. The van der Waals surface area contributed by atoms with Crippen LogP contribution in [0, 0.1) is 0 Å². The van der Waals surface area contributed by atoms with Gasteiger partial charge in [-0.2, -0.15) is 0 Å². The van der Waals surface area contributed by atoms with Gasteiger partial charge in [-0.05, 0) is 35.9 Å². The van der Waals surface area contributed by atoms with Gasteiger partial charge in [0.1, 0.15) is 18.1 Å². The molecule has 0 fully saturated rings. The van der Waals surface area contributed by atoms with Crippen LogP contribution in [0.3, 0.4) is 0 Å². The van der Waals surface area contributed by atoms with Crippen LogP contribution in [0.2, 0.25) is 0 Å². The van der Waals surface area contributed by atoms with Crippen molar-refractivity contribution in [3.05, 3.63) is 53.6 Å². The molecule has 5 heteroatoms. The second kappa shape index (κ2) is 6.65. The Balaban J connectivity index is 2.00. The van der Waals surface area contributed by atoms with Crippen LogP contribution in [0.1, 0.15) is 15.9 Å². The van der Waals surface area contributed by atoms with Gasteiger partial charge in [0.05, 0.1) is 25.5 Å². The predicted molar refractivity (Wildman–Crippen MR) is 79.5 cm³/mol. The summed E-state index contributed by atoms with van der Waals surface area (Å²) in [5.41, 5.74) is 7.46. The third-order valence-corrected chi connectivity index (χ3v) is 3.00. The van der Waals surface area contributed by atoms with E-state index in [1.165, 1.54) is 7.11 Å². The van der Waals surface area contributed by atoms with Gasteiger partial charge in [-0.15, -0.1) is 0 Å². The van der Waals surface area contributed by atoms with Crippen molar-refractivity contribution in [1.82, 2.24) is 0 Å². The quantitative estimate of drug-likeness (QED) is 0.676. The minimum Gasteiger partial charge on any atom is -0.497 e. The summed E-state index contributed by atoms with van der Waals surface area (Å²) in [6.07, 6.45) is 0. The summed E-state index contributed by atoms with van der Waals surface area (Å²) in [6.45, 7) is 0.190. The fourth-order valence-corrected chi connectivity index (χ4v) is 1.79. The number of anilines is 1. The fraction of sp³-hybridized carbons (Fsp3) is 0.188. The monoisotopic (exact) mass is 287 g/mol. The van der Waals surface area contributed by atoms with Crippen LogP contribution in [-0.4, -0.2) is 20.2 Å². The lowest BCUT2D eigenvalue weighted by molar-refractivity contribution is 0.0472. The Bertz CT molecular complexity index is 623. The molecule has 0 spiro atoms. The van der Waals surface area contributed by atoms with E-state index in [1.807, 2.05) is 24.3 Å². The second-order valence-electron chi connectivity index (χ2n) is 4.38. The van der Waals surface area contributed by atoms with E-state index in [0.29, 0.717) is 17.0 Å². The smallest absolute Gasteiger partial charge is 0.338 e. The molecule has 0 aliphatic carbocycles.